The van der Waals surface area contributed by atoms with Gasteiger partial charge in [-0.05, 0) is 68.0 Å². The molecule has 0 radical (unpaired) electrons. The third-order valence-electron chi connectivity index (χ3n) is 7.27. The lowest BCUT2D eigenvalue weighted by molar-refractivity contribution is -0.141. The zero-order chi connectivity index (χ0) is 29.4. The monoisotopic (exact) mass is 629 g/mol. The summed E-state index contributed by atoms with van der Waals surface area (Å²) in [6, 6.07) is 9.66. The van der Waals surface area contributed by atoms with E-state index in [-0.39, 0.29) is 43.8 Å². The number of nitrogens with one attached hydrogen (secondary N) is 1. The quantitative estimate of drug-likeness (QED) is 0.281. The summed E-state index contributed by atoms with van der Waals surface area (Å²) in [6.45, 7) is 3.96. The third-order valence-corrected chi connectivity index (χ3v) is 9.42. The maximum atomic E-state index is 13.7. The van der Waals surface area contributed by atoms with E-state index in [9.17, 15) is 18.0 Å². The van der Waals surface area contributed by atoms with Crippen LogP contribution in [-0.2, 0) is 26.2 Å². The van der Waals surface area contributed by atoms with Crippen molar-refractivity contribution in [3.63, 3.8) is 0 Å². The Bertz CT molecular complexity index is 1300. The zero-order valence-corrected chi connectivity index (χ0v) is 26.3. The van der Waals surface area contributed by atoms with E-state index in [1.54, 1.807) is 41.3 Å². The van der Waals surface area contributed by atoms with Crippen LogP contribution >= 0.6 is 34.8 Å². The number of carbonyl (C=O) groups excluding carboxylic acids is 2. The molecule has 0 aromatic heterocycles. The molecule has 1 saturated carbocycles. The van der Waals surface area contributed by atoms with Gasteiger partial charge in [-0.15, -0.1) is 0 Å². The van der Waals surface area contributed by atoms with Gasteiger partial charge in [-0.3, -0.25) is 13.9 Å². The number of nitrogens with zero attached hydrogens (tertiary/aromatic N) is 2. The fourth-order valence-electron chi connectivity index (χ4n) is 5.13. The van der Waals surface area contributed by atoms with Gasteiger partial charge in [-0.25, -0.2) is 8.42 Å². The van der Waals surface area contributed by atoms with Gasteiger partial charge in [0, 0.05) is 30.6 Å². The second kappa shape index (κ2) is 14.8. The Kier molecular flexibility index (Phi) is 12.0. The van der Waals surface area contributed by atoms with E-state index in [4.69, 9.17) is 34.8 Å². The van der Waals surface area contributed by atoms with Crippen molar-refractivity contribution in [2.75, 3.05) is 17.1 Å². The van der Waals surface area contributed by atoms with Crippen LogP contribution in [0.25, 0.3) is 0 Å². The van der Waals surface area contributed by atoms with Gasteiger partial charge in [0.1, 0.15) is 6.04 Å². The van der Waals surface area contributed by atoms with Crippen LogP contribution in [0.15, 0.2) is 36.4 Å². The van der Waals surface area contributed by atoms with Crippen molar-refractivity contribution < 1.29 is 18.0 Å². The van der Waals surface area contributed by atoms with Crippen LogP contribution in [0.4, 0.5) is 5.69 Å². The first-order valence-corrected chi connectivity index (χ1v) is 16.7. The smallest absolute Gasteiger partial charge is 0.243 e. The van der Waals surface area contributed by atoms with E-state index >= 15 is 0 Å². The highest BCUT2D eigenvalue weighted by atomic mass is 35.5. The number of sulfonamides is 1. The minimum Gasteiger partial charge on any atom is -0.352 e. The number of halogens is 3. The minimum atomic E-state index is -3.63. The fraction of sp³-hybridized carbons (Fsp3) is 0.517. The Morgan fingerprint density at radius 1 is 1.02 bits per heavy atom. The zero-order valence-electron chi connectivity index (χ0n) is 23.3. The van der Waals surface area contributed by atoms with Crippen LogP contribution in [0.1, 0.15) is 69.4 Å². The summed E-state index contributed by atoms with van der Waals surface area (Å²) in [5.41, 5.74) is 1.99. The van der Waals surface area contributed by atoms with Crippen LogP contribution < -0.4 is 9.62 Å². The molecule has 0 saturated heterocycles. The Balaban J connectivity index is 1.80. The number of benzene rings is 2. The van der Waals surface area contributed by atoms with Gasteiger partial charge < -0.3 is 10.2 Å². The number of amides is 2. The topological polar surface area (TPSA) is 86.8 Å². The molecule has 3 rings (SSSR count). The minimum absolute atomic E-state index is 0.0557. The molecular formula is C29H38Cl3N3O4S. The van der Waals surface area contributed by atoms with Gasteiger partial charge >= 0.3 is 0 Å². The molecule has 1 fully saturated rings. The van der Waals surface area contributed by atoms with Gasteiger partial charge in [0.25, 0.3) is 0 Å². The Hall–Kier alpha value is -2.00. The van der Waals surface area contributed by atoms with Gasteiger partial charge in [0.15, 0.2) is 0 Å². The van der Waals surface area contributed by atoms with E-state index < -0.39 is 16.1 Å². The van der Waals surface area contributed by atoms with Crippen LogP contribution in [-0.4, -0.2) is 50.0 Å². The van der Waals surface area contributed by atoms with Crippen molar-refractivity contribution in [3.05, 3.63) is 62.6 Å². The number of anilines is 1. The van der Waals surface area contributed by atoms with Crippen molar-refractivity contribution in [1.29, 1.82) is 0 Å². The van der Waals surface area contributed by atoms with E-state index in [0.29, 0.717) is 27.2 Å². The van der Waals surface area contributed by atoms with E-state index in [2.05, 4.69) is 5.32 Å². The van der Waals surface area contributed by atoms with E-state index in [0.717, 1.165) is 43.1 Å². The molecule has 2 aromatic rings. The number of carbonyl (C=O) groups is 2. The summed E-state index contributed by atoms with van der Waals surface area (Å²) >= 11 is 18.5. The molecule has 7 nitrogen and oxygen atoms in total. The molecule has 0 heterocycles. The van der Waals surface area contributed by atoms with Crippen LogP contribution in [0.5, 0.6) is 0 Å². The van der Waals surface area contributed by atoms with Crippen molar-refractivity contribution in [3.8, 4) is 0 Å². The number of hydrogen-bond acceptors (Lipinski definition) is 4. The first-order valence-electron chi connectivity index (χ1n) is 13.7. The Morgan fingerprint density at radius 2 is 1.73 bits per heavy atom. The summed E-state index contributed by atoms with van der Waals surface area (Å²) in [6.07, 6.45) is 7.09. The molecule has 11 heteroatoms. The summed E-state index contributed by atoms with van der Waals surface area (Å²) in [5, 5.41) is 4.36. The predicted octanol–water partition coefficient (Wildman–Crippen LogP) is 6.76. The van der Waals surface area contributed by atoms with Crippen molar-refractivity contribution in [2.45, 2.75) is 83.8 Å². The normalized spacial score (nSPS) is 14.9. The van der Waals surface area contributed by atoms with Crippen LogP contribution in [0.2, 0.25) is 15.1 Å². The number of hydrogen-bond donors (Lipinski definition) is 1. The highest BCUT2D eigenvalue weighted by Gasteiger charge is 2.30. The lowest BCUT2D eigenvalue weighted by Gasteiger charge is -2.33. The number of aryl methyl sites for hydroxylation is 1. The Labute approximate surface area is 253 Å². The summed E-state index contributed by atoms with van der Waals surface area (Å²) in [4.78, 5) is 28.7. The molecule has 1 aliphatic carbocycles. The van der Waals surface area contributed by atoms with Crippen molar-refractivity contribution >= 4 is 62.3 Å². The molecule has 0 bridgehead atoms. The summed E-state index contributed by atoms with van der Waals surface area (Å²) < 4.78 is 26.6. The molecule has 1 atom stereocenters. The number of rotatable bonds is 12. The first kappa shape index (κ1) is 32.5. The van der Waals surface area contributed by atoms with Gasteiger partial charge in [0.05, 0.1) is 22.0 Å². The first-order chi connectivity index (χ1) is 18.9. The fourth-order valence-corrected chi connectivity index (χ4v) is 6.63. The van der Waals surface area contributed by atoms with Crippen LogP contribution in [0, 0.1) is 6.92 Å². The standard InChI is InChI=1S/C29H38Cl3N3O4S/c1-4-26(29(37)33-23-9-6-5-7-10-23)34(19-21-13-15-24(31)25(32)17-21)28(36)11-8-16-35(40(3,38)39)27-18-22(30)14-12-20(27)2/h12-15,17-18,23,26H,4-11,16,19H2,1-3H3,(H,33,37)/t26-/m0/s1. The molecule has 2 amide bonds. The second-order valence-electron chi connectivity index (χ2n) is 10.4. The average molecular weight is 631 g/mol. The largest absolute Gasteiger partial charge is 0.352 e. The van der Waals surface area contributed by atoms with E-state index in [1.807, 2.05) is 13.8 Å². The molecular weight excluding hydrogens is 593 g/mol. The predicted molar refractivity (Wildman–Crippen MR) is 164 cm³/mol. The highest BCUT2D eigenvalue weighted by Crippen LogP contribution is 2.28. The van der Waals surface area contributed by atoms with Crippen molar-refractivity contribution in [1.82, 2.24) is 10.2 Å². The lowest BCUT2D eigenvalue weighted by atomic mass is 9.95. The summed E-state index contributed by atoms with van der Waals surface area (Å²) in [7, 11) is -3.63. The maximum absolute atomic E-state index is 13.7. The third kappa shape index (κ3) is 9.00. The second-order valence-corrected chi connectivity index (χ2v) is 13.6. The Morgan fingerprint density at radius 3 is 2.35 bits per heavy atom. The molecule has 2 aromatic carbocycles. The highest BCUT2D eigenvalue weighted by molar-refractivity contribution is 7.92. The molecule has 0 aliphatic heterocycles. The molecule has 1 N–H and O–H groups in total. The maximum Gasteiger partial charge on any atom is 0.243 e. The van der Waals surface area contributed by atoms with Gasteiger partial charge in [-0.1, -0.05) is 73.1 Å². The van der Waals surface area contributed by atoms with Gasteiger partial charge in [-0.2, -0.15) is 0 Å². The molecule has 220 valence electrons. The molecule has 0 unspecified atom stereocenters. The SMILES string of the molecule is CC[C@@H](C(=O)NC1CCCCC1)N(Cc1ccc(Cl)c(Cl)c1)C(=O)CCCN(c1cc(Cl)ccc1C)S(C)(=O)=O. The molecule has 40 heavy (non-hydrogen) atoms. The lowest BCUT2D eigenvalue weighted by Crippen LogP contribution is -2.51. The molecule has 0 spiro atoms. The van der Waals surface area contributed by atoms with Crippen molar-refractivity contribution in [2.24, 2.45) is 0 Å². The van der Waals surface area contributed by atoms with Gasteiger partial charge in [0.2, 0.25) is 21.8 Å². The average Bonchev–Trinajstić information content (AvgIpc) is 2.90. The molecule has 1 aliphatic rings. The summed E-state index contributed by atoms with van der Waals surface area (Å²) in [5.74, 6) is -0.414. The van der Waals surface area contributed by atoms with Crippen LogP contribution in [0.3, 0.4) is 0 Å². The van der Waals surface area contributed by atoms with E-state index in [1.165, 1.54) is 10.7 Å².